The smallest absolute Gasteiger partial charge is 0.207 e. The van der Waals surface area contributed by atoms with Gasteiger partial charge in [0.1, 0.15) is 6.07 Å². The van der Waals surface area contributed by atoms with Gasteiger partial charge in [0, 0.05) is 74.4 Å². The monoisotopic (exact) mass is 679 g/mol. The van der Waals surface area contributed by atoms with Crippen LogP contribution in [0.5, 0.6) is 0 Å². The van der Waals surface area contributed by atoms with E-state index in [9.17, 15) is 19.6 Å². The number of hydrogen-bond donors (Lipinski definition) is 1. The van der Waals surface area contributed by atoms with Crippen molar-refractivity contribution in [1.29, 1.82) is 5.26 Å². The van der Waals surface area contributed by atoms with E-state index in [1.165, 1.54) is 17.7 Å². The topological polar surface area (TPSA) is 96.8 Å². The van der Waals surface area contributed by atoms with E-state index in [1.54, 1.807) is 0 Å². The summed E-state index contributed by atoms with van der Waals surface area (Å²) in [4.78, 5) is 41.4. The van der Waals surface area contributed by atoms with Crippen LogP contribution >= 0.6 is 11.6 Å². The number of nitrogens with zero attached hydrogens (tertiary/aromatic N) is 4. The molecule has 3 aromatic carbocycles. The first-order valence-electron chi connectivity index (χ1n) is 17.4. The predicted molar refractivity (Wildman–Crippen MR) is 194 cm³/mol. The Morgan fingerprint density at radius 3 is 2.20 bits per heavy atom. The first-order chi connectivity index (χ1) is 23.7. The van der Waals surface area contributed by atoms with Crippen molar-refractivity contribution in [3.63, 3.8) is 0 Å². The van der Waals surface area contributed by atoms with Crippen LogP contribution < -0.4 is 15.1 Å². The zero-order chi connectivity index (χ0) is 34.6. The summed E-state index contributed by atoms with van der Waals surface area (Å²) in [6.07, 6.45) is 8.54. The average molecular weight is 680 g/mol. The van der Waals surface area contributed by atoms with Crippen LogP contribution in [-0.2, 0) is 24.3 Å². The molecule has 1 amide bonds. The van der Waals surface area contributed by atoms with Crippen LogP contribution in [0.3, 0.4) is 0 Å². The first-order valence-corrected chi connectivity index (χ1v) is 17.8. The normalized spacial score (nSPS) is 19.7. The van der Waals surface area contributed by atoms with Crippen molar-refractivity contribution in [3.8, 4) is 6.07 Å². The number of piperidine rings is 1. The Kier molecular flexibility index (Phi) is 10.4. The molecule has 0 radical (unpaired) electrons. The van der Waals surface area contributed by atoms with E-state index < -0.39 is 0 Å². The number of nitriles is 1. The van der Waals surface area contributed by atoms with Gasteiger partial charge in [0.25, 0.3) is 0 Å². The molecule has 8 nitrogen and oxygen atoms in total. The van der Waals surface area contributed by atoms with Crippen LogP contribution in [0.2, 0.25) is 5.02 Å². The molecule has 0 bridgehead atoms. The highest BCUT2D eigenvalue weighted by atomic mass is 35.5. The van der Waals surface area contributed by atoms with Gasteiger partial charge in [0.15, 0.2) is 12.6 Å². The molecule has 3 aliphatic rings. The molecule has 2 fully saturated rings. The van der Waals surface area contributed by atoms with Gasteiger partial charge in [0.05, 0.1) is 10.6 Å². The number of nitrogens with one attached hydrogen (secondary N) is 1. The largest absolute Gasteiger partial charge is 0.371 e. The van der Waals surface area contributed by atoms with E-state index in [-0.39, 0.29) is 5.41 Å². The first kappa shape index (κ1) is 34.7. The van der Waals surface area contributed by atoms with Gasteiger partial charge in [0.2, 0.25) is 6.41 Å². The minimum atomic E-state index is -0.0334. The Morgan fingerprint density at radius 2 is 1.61 bits per heavy atom. The predicted octanol–water partition coefficient (Wildman–Crippen LogP) is 6.81. The Balaban J connectivity index is 1.04. The molecule has 49 heavy (non-hydrogen) atoms. The van der Waals surface area contributed by atoms with Crippen molar-refractivity contribution < 1.29 is 14.4 Å². The van der Waals surface area contributed by atoms with Crippen LogP contribution in [0.15, 0.2) is 54.6 Å². The minimum Gasteiger partial charge on any atom is -0.371 e. The minimum absolute atomic E-state index is 0.0334. The fourth-order valence-electron chi connectivity index (χ4n) is 8.49. The molecule has 0 saturated carbocycles. The molecule has 0 aliphatic carbocycles. The van der Waals surface area contributed by atoms with Gasteiger partial charge in [-0.3, -0.25) is 19.3 Å². The molecule has 1 spiro atoms. The maximum absolute atomic E-state index is 11.5. The summed E-state index contributed by atoms with van der Waals surface area (Å²) >= 11 is 6.38. The molecular formula is C40H46ClN5O3. The van der Waals surface area contributed by atoms with Crippen LogP contribution in [-0.4, -0.2) is 62.6 Å². The fraction of sp³-hybridized carbons (Fsp3) is 0.450. The van der Waals surface area contributed by atoms with Gasteiger partial charge < -0.3 is 15.1 Å². The van der Waals surface area contributed by atoms with Gasteiger partial charge >= 0.3 is 0 Å². The number of carbonyl (C=O) groups is 3. The zero-order valence-electron chi connectivity index (χ0n) is 28.6. The van der Waals surface area contributed by atoms with Crippen molar-refractivity contribution >= 4 is 42.0 Å². The highest BCUT2D eigenvalue weighted by Crippen LogP contribution is 2.46. The van der Waals surface area contributed by atoms with Crippen LogP contribution in [0.25, 0.3) is 0 Å². The summed E-state index contributed by atoms with van der Waals surface area (Å²) in [6.45, 7) is 10.7. The summed E-state index contributed by atoms with van der Waals surface area (Å²) in [7, 11) is 0. The summed E-state index contributed by atoms with van der Waals surface area (Å²) < 4.78 is 0. The van der Waals surface area contributed by atoms with Crippen molar-refractivity contribution in [2.75, 3.05) is 42.5 Å². The molecule has 9 heteroatoms. The van der Waals surface area contributed by atoms with Gasteiger partial charge in [-0.25, -0.2) is 0 Å². The molecule has 3 heterocycles. The summed E-state index contributed by atoms with van der Waals surface area (Å²) in [6, 6.07) is 21.2. The van der Waals surface area contributed by atoms with E-state index in [2.05, 4.69) is 64.2 Å². The van der Waals surface area contributed by atoms with Gasteiger partial charge in [-0.2, -0.15) is 5.26 Å². The lowest BCUT2D eigenvalue weighted by Crippen LogP contribution is -2.41. The van der Waals surface area contributed by atoms with E-state index in [1.807, 2.05) is 30.3 Å². The maximum Gasteiger partial charge on any atom is 0.207 e. The van der Waals surface area contributed by atoms with E-state index in [0.717, 1.165) is 107 Å². The number of fused-ring (bicyclic) bond motifs is 1. The average Bonchev–Trinajstić information content (AvgIpc) is 3.65. The number of carbonyl (C=O) groups excluding carboxylic acids is 3. The molecule has 2 saturated heterocycles. The Hall–Kier alpha value is -4.19. The Labute approximate surface area is 295 Å². The second-order valence-corrected chi connectivity index (χ2v) is 15.3. The quantitative estimate of drug-likeness (QED) is 0.157. The van der Waals surface area contributed by atoms with Crippen molar-refractivity contribution in [3.05, 3.63) is 93.0 Å². The summed E-state index contributed by atoms with van der Waals surface area (Å²) in [5.74, 6) is 0. The summed E-state index contributed by atoms with van der Waals surface area (Å²) in [5, 5.41) is 12.6. The molecule has 2 atom stereocenters. The van der Waals surface area contributed by atoms with Crippen molar-refractivity contribution in [1.82, 2.24) is 10.2 Å². The number of hydrogen-bond acceptors (Lipinski definition) is 7. The van der Waals surface area contributed by atoms with Crippen LogP contribution in [0.4, 0.5) is 11.4 Å². The lowest BCUT2D eigenvalue weighted by Gasteiger charge is -2.40. The van der Waals surface area contributed by atoms with Crippen LogP contribution in [0, 0.1) is 22.2 Å². The highest BCUT2D eigenvalue weighted by molar-refractivity contribution is 6.32. The number of rotatable bonds is 13. The third-order valence-electron chi connectivity index (χ3n) is 11.3. The number of aryl methyl sites for hydroxylation is 1. The Bertz CT molecular complexity index is 1690. The molecule has 6 rings (SSSR count). The maximum atomic E-state index is 11.5. The molecule has 1 unspecified atom stereocenters. The Morgan fingerprint density at radius 1 is 0.959 bits per heavy atom. The second kappa shape index (κ2) is 14.7. The molecule has 3 aromatic rings. The molecule has 1 N–H and O–H groups in total. The van der Waals surface area contributed by atoms with Crippen molar-refractivity contribution in [2.45, 2.75) is 71.5 Å². The molecule has 0 aromatic heterocycles. The van der Waals surface area contributed by atoms with Gasteiger partial charge in [-0.15, -0.1) is 0 Å². The number of halogens is 1. The highest BCUT2D eigenvalue weighted by Gasteiger charge is 2.44. The number of benzene rings is 3. The van der Waals surface area contributed by atoms with Crippen LogP contribution in [0.1, 0.15) is 88.9 Å². The lowest BCUT2D eigenvalue weighted by molar-refractivity contribution is -0.109. The molecule has 3 aliphatic heterocycles. The molecular weight excluding hydrogens is 634 g/mol. The van der Waals surface area contributed by atoms with E-state index in [4.69, 9.17) is 11.6 Å². The third kappa shape index (κ3) is 7.69. The van der Waals surface area contributed by atoms with E-state index in [0.29, 0.717) is 39.7 Å². The van der Waals surface area contributed by atoms with Crippen molar-refractivity contribution in [2.24, 2.45) is 10.8 Å². The van der Waals surface area contributed by atoms with E-state index >= 15 is 0 Å². The third-order valence-corrected chi connectivity index (χ3v) is 11.6. The lowest BCUT2D eigenvalue weighted by atomic mass is 9.76. The number of anilines is 2. The number of amides is 1. The van der Waals surface area contributed by atoms with Gasteiger partial charge in [-0.05, 0) is 115 Å². The molecule has 256 valence electrons. The fourth-order valence-corrected chi connectivity index (χ4v) is 8.71. The van der Waals surface area contributed by atoms with Gasteiger partial charge in [-0.1, -0.05) is 30.7 Å². The number of aldehydes is 2. The second-order valence-electron chi connectivity index (χ2n) is 14.9. The zero-order valence-corrected chi connectivity index (χ0v) is 29.3. The standard InChI is InChI=1S/C40H46ClN5O3/c1-29-20-40(27-46(29)37-8-5-31(21-42)38(41)19-37)12-15-45(16-13-40)36-6-3-30(4-7-36)9-10-39(2,11-14-43-28-49)26-44-22-32-17-34(24-47)35(25-48)18-33(32)23-44/h3-8,17-19,24-25,28-29H,9-16,20,22-23,26-27H2,1-2H3,(H,43,49)/t29-,39?/m0/s1. The summed E-state index contributed by atoms with van der Waals surface area (Å²) in [5.41, 5.74) is 7.59. The SMILES string of the molecule is C[C@H]1CC2(CCN(c3ccc(CCC(C)(CCNC=O)CN4Cc5cc(C=O)c(C=O)cc5C4)cc3)CC2)CN1c1ccc(C#N)c(Cl)c1.